The first-order valence-electron chi connectivity index (χ1n) is 11.0. The molecule has 0 radical (unpaired) electrons. The number of piperazine rings is 1. The second-order valence-corrected chi connectivity index (χ2v) is 8.90. The van der Waals surface area contributed by atoms with Crippen LogP contribution < -0.4 is 15.1 Å². The molecule has 1 atom stereocenters. The molecule has 2 saturated heterocycles. The maximum Gasteiger partial charge on any atom is 0.229 e. The first kappa shape index (κ1) is 21.4. The molecule has 2 aliphatic heterocycles. The van der Waals surface area contributed by atoms with E-state index in [4.69, 9.17) is 0 Å². The molecule has 31 heavy (non-hydrogen) atoms. The van der Waals surface area contributed by atoms with Crippen LogP contribution in [0.1, 0.15) is 23.1 Å². The molecular weight excluding hydrogens is 388 g/mol. The van der Waals surface area contributed by atoms with Crippen molar-refractivity contribution >= 4 is 28.9 Å². The molecule has 6 heteroatoms. The summed E-state index contributed by atoms with van der Waals surface area (Å²) in [6, 6.07) is 12.2. The molecule has 1 N–H and O–H groups in total. The highest BCUT2D eigenvalue weighted by molar-refractivity contribution is 6.04. The highest BCUT2D eigenvalue weighted by Gasteiger charge is 2.36. The number of rotatable bonds is 4. The second-order valence-electron chi connectivity index (χ2n) is 8.90. The zero-order valence-electron chi connectivity index (χ0n) is 18.9. The number of anilines is 3. The maximum atomic E-state index is 13.0. The lowest BCUT2D eigenvalue weighted by atomic mass is 10.1. The highest BCUT2D eigenvalue weighted by Crippen LogP contribution is 2.30. The molecule has 164 valence electrons. The molecule has 6 nitrogen and oxygen atoms in total. The van der Waals surface area contributed by atoms with Gasteiger partial charge in [-0.15, -0.1) is 0 Å². The van der Waals surface area contributed by atoms with Crippen LogP contribution in [0.2, 0.25) is 0 Å². The summed E-state index contributed by atoms with van der Waals surface area (Å²) in [7, 11) is 2.15. The standard InChI is InChI=1S/C25H32N4O2/c1-17-6-5-7-23(19(17)3)29-16-20(15-24(29)30)25(31)26-22-9-8-21(14-18(22)2)28-12-10-27(4)11-13-28/h5-9,14,20H,10-13,15-16H2,1-4H3,(H,26,31). The van der Waals surface area contributed by atoms with Gasteiger partial charge in [0.1, 0.15) is 0 Å². The van der Waals surface area contributed by atoms with Crippen molar-refractivity contribution in [3.8, 4) is 0 Å². The molecule has 0 aliphatic carbocycles. The highest BCUT2D eigenvalue weighted by atomic mass is 16.2. The fourth-order valence-corrected chi connectivity index (χ4v) is 4.43. The first-order valence-corrected chi connectivity index (χ1v) is 11.0. The van der Waals surface area contributed by atoms with E-state index in [1.54, 1.807) is 4.90 Å². The second kappa shape index (κ2) is 8.71. The Morgan fingerprint density at radius 1 is 1.00 bits per heavy atom. The summed E-state index contributed by atoms with van der Waals surface area (Å²) in [5.74, 6) is -0.420. The van der Waals surface area contributed by atoms with Gasteiger partial charge < -0.3 is 20.0 Å². The maximum absolute atomic E-state index is 13.0. The first-order chi connectivity index (χ1) is 14.8. The number of hydrogen-bond acceptors (Lipinski definition) is 4. The lowest BCUT2D eigenvalue weighted by Crippen LogP contribution is -2.44. The summed E-state index contributed by atoms with van der Waals surface area (Å²) in [5, 5.41) is 3.06. The zero-order valence-corrected chi connectivity index (χ0v) is 18.9. The summed E-state index contributed by atoms with van der Waals surface area (Å²) in [5.41, 5.74) is 6.20. The summed E-state index contributed by atoms with van der Waals surface area (Å²) in [4.78, 5) is 32.1. The topological polar surface area (TPSA) is 55.9 Å². The van der Waals surface area contributed by atoms with Crippen LogP contribution in [0, 0.1) is 26.7 Å². The monoisotopic (exact) mass is 420 g/mol. The Morgan fingerprint density at radius 2 is 1.74 bits per heavy atom. The van der Waals surface area contributed by atoms with Crippen molar-refractivity contribution in [2.24, 2.45) is 5.92 Å². The van der Waals surface area contributed by atoms with Gasteiger partial charge in [-0.05, 0) is 68.8 Å². The SMILES string of the molecule is Cc1cc(N2CCN(C)CC2)ccc1NC(=O)C1CC(=O)N(c2cccc(C)c2C)C1. The molecule has 2 aromatic rings. The average molecular weight is 421 g/mol. The van der Waals surface area contributed by atoms with Crippen LogP contribution in [0.4, 0.5) is 17.1 Å². The number of benzene rings is 2. The van der Waals surface area contributed by atoms with Gasteiger partial charge in [-0.3, -0.25) is 9.59 Å². The number of nitrogens with one attached hydrogen (secondary N) is 1. The van der Waals surface area contributed by atoms with Gasteiger partial charge in [0.25, 0.3) is 0 Å². The predicted octanol–water partition coefficient (Wildman–Crippen LogP) is 3.36. The molecule has 0 bridgehead atoms. The Bertz CT molecular complexity index is 995. The van der Waals surface area contributed by atoms with Crippen molar-refractivity contribution in [3.63, 3.8) is 0 Å². The molecule has 2 aromatic carbocycles. The molecule has 2 amide bonds. The lowest BCUT2D eigenvalue weighted by molar-refractivity contribution is -0.122. The van der Waals surface area contributed by atoms with E-state index in [-0.39, 0.29) is 24.2 Å². The largest absolute Gasteiger partial charge is 0.369 e. The van der Waals surface area contributed by atoms with Crippen LogP contribution in [0.15, 0.2) is 36.4 Å². The molecule has 2 fully saturated rings. The van der Waals surface area contributed by atoms with Crippen LogP contribution in [0.3, 0.4) is 0 Å². The Hall–Kier alpha value is -2.86. The smallest absolute Gasteiger partial charge is 0.229 e. The average Bonchev–Trinajstić information content (AvgIpc) is 3.13. The van der Waals surface area contributed by atoms with E-state index < -0.39 is 0 Å². The zero-order chi connectivity index (χ0) is 22.1. The van der Waals surface area contributed by atoms with Crippen molar-refractivity contribution < 1.29 is 9.59 Å². The summed E-state index contributed by atoms with van der Waals surface area (Å²) in [6.45, 7) is 10.7. The van der Waals surface area contributed by atoms with Gasteiger partial charge in [-0.1, -0.05) is 12.1 Å². The molecule has 1 unspecified atom stereocenters. The van der Waals surface area contributed by atoms with Crippen molar-refractivity contribution in [3.05, 3.63) is 53.1 Å². The van der Waals surface area contributed by atoms with E-state index in [0.29, 0.717) is 6.54 Å². The number of carbonyl (C=O) groups excluding carboxylic acids is 2. The van der Waals surface area contributed by atoms with Crippen LogP contribution in [0.5, 0.6) is 0 Å². The van der Waals surface area contributed by atoms with E-state index in [1.165, 1.54) is 5.69 Å². The van der Waals surface area contributed by atoms with Crippen LogP contribution in [-0.2, 0) is 9.59 Å². The van der Waals surface area contributed by atoms with Gasteiger partial charge in [0, 0.05) is 56.2 Å². The molecule has 4 rings (SSSR count). The van der Waals surface area contributed by atoms with E-state index in [1.807, 2.05) is 45.0 Å². The van der Waals surface area contributed by atoms with Crippen molar-refractivity contribution in [2.45, 2.75) is 27.2 Å². The number of amides is 2. The van der Waals surface area contributed by atoms with Crippen LogP contribution in [-0.4, -0.2) is 56.5 Å². The fraction of sp³-hybridized carbons (Fsp3) is 0.440. The molecule has 0 aromatic heterocycles. The van der Waals surface area contributed by atoms with E-state index >= 15 is 0 Å². The van der Waals surface area contributed by atoms with Gasteiger partial charge in [0.2, 0.25) is 11.8 Å². The Kier molecular flexibility index (Phi) is 6.01. The van der Waals surface area contributed by atoms with Gasteiger partial charge in [0.05, 0.1) is 5.92 Å². The number of nitrogens with zero attached hydrogens (tertiary/aromatic N) is 3. The number of likely N-dealkylation sites (N-methyl/N-ethyl adjacent to an activating group) is 1. The summed E-state index contributed by atoms with van der Waals surface area (Å²) >= 11 is 0. The Balaban J connectivity index is 1.43. The normalized spacial score (nSPS) is 19.7. The minimum Gasteiger partial charge on any atom is -0.369 e. The van der Waals surface area contributed by atoms with E-state index in [2.05, 4.69) is 34.3 Å². The predicted molar refractivity (Wildman–Crippen MR) is 126 cm³/mol. The Morgan fingerprint density at radius 3 is 2.45 bits per heavy atom. The summed E-state index contributed by atoms with van der Waals surface area (Å²) in [6.07, 6.45) is 0.248. The third-order valence-electron chi connectivity index (χ3n) is 6.70. The minimum absolute atomic E-state index is 0.0102. The molecule has 2 aliphatic rings. The summed E-state index contributed by atoms with van der Waals surface area (Å²) < 4.78 is 0. The molecular formula is C25H32N4O2. The van der Waals surface area contributed by atoms with Gasteiger partial charge >= 0.3 is 0 Å². The number of carbonyl (C=O) groups is 2. The number of hydrogen-bond donors (Lipinski definition) is 1. The van der Waals surface area contributed by atoms with Crippen LogP contribution >= 0.6 is 0 Å². The van der Waals surface area contributed by atoms with Crippen molar-refractivity contribution in [2.75, 3.05) is 54.9 Å². The van der Waals surface area contributed by atoms with Crippen LogP contribution in [0.25, 0.3) is 0 Å². The van der Waals surface area contributed by atoms with Crippen molar-refractivity contribution in [1.82, 2.24) is 4.90 Å². The quantitative estimate of drug-likeness (QED) is 0.824. The van der Waals surface area contributed by atoms with E-state index in [9.17, 15) is 9.59 Å². The fourth-order valence-electron chi connectivity index (χ4n) is 4.43. The molecule has 0 saturated carbocycles. The Labute approximate surface area is 184 Å². The van der Waals surface area contributed by atoms with Gasteiger partial charge in [-0.2, -0.15) is 0 Å². The lowest BCUT2D eigenvalue weighted by Gasteiger charge is -2.34. The third kappa shape index (κ3) is 4.44. The minimum atomic E-state index is -0.343. The van der Waals surface area contributed by atoms with Gasteiger partial charge in [0.15, 0.2) is 0 Å². The third-order valence-corrected chi connectivity index (χ3v) is 6.70. The molecule has 2 heterocycles. The van der Waals surface area contributed by atoms with E-state index in [0.717, 1.165) is 54.2 Å². The van der Waals surface area contributed by atoms with Crippen molar-refractivity contribution in [1.29, 1.82) is 0 Å². The number of aryl methyl sites for hydroxylation is 2. The molecule has 0 spiro atoms. The van der Waals surface area contributed by atoms with Gasteiger partial charge in [-0.25, -0.2) is 0 Å².